The van der Waals surface area contributed by atoms with Crippen LogP contribution in [-0.2, 0) is 0 Å². The molecule has 0 radical (unpaired) electrons. The topological polar surface area (TPSA) is 50.4 Å². The first-order valence-corrected chi connectivity index (χ1v) is 2.81. The number of nitrogens with one attached hydrogen (secondary N) is 1. The molecule has 0 aliphatic heterocycles. The number of nitrogens with two attached hydrogens (primary N) is 1. The Bertz CT molecular complexity index is 126. The Labute approximate surface area is 55.6 Å². The number of nitrogens with zero attached hydrogens (tertiary/aromatic N) is 1. The third-order valence-electron chi connectivity index (χ3n) is 1.04. The zero-order valence-electron chi connectivity index (χ0n) is 5.94. The van der Waals surface area contributed by atoms with Crippen LogP contribution in [0.5, 0.6) is 0 Å². The average Bonchev–Trinajstić information content (AvgIpc) is 1.87. The summed E-state index contributed by atoms with van der Waals surface area (Å²) < 4.78 is 0. The zero-order chi connectivity index (χ0) is 7.28. The van der Waals surface area contributed by atoms with Crippen molar-refractivity contribution in [1.29, 1.82) is 0 Å². The van der Waals surface area contributed by atoms with Crippen molar-refractivity contribution < 1.29 is 0 Å². The van der Waals surface area contributed by atoms with E-state index in [1.807, 2.05) is 6.92 Å². The van der Waals surface area contributed by atoms with Crippen LogP contribution < -0.4 is 11.2 Å². The Kier molecular flexibility index (Phi) is 3.71. The van der Waals surface area contributed by atoms with E-state index in [9.17, 15) is 0 Å². The lowest BCUT2D eigenvalue weighted by molar-refractivity contribution is 0.897. The van der Waals surface area contributed by atoms with E-state index in [1.165, 1.54) is 0 Å². The van der Waals surface area contributed by atoms with Crippen molar-refractivity contribution in [3.8, 4) is 0 Å². The molecule has 0 atom stereocenters. The normalized spacial score (nSPS) is 11.2. The highest BCUT2D eigenvalue weighted by molar-refractivity contribution is 5.97. The minimum Gasteiger partial charge on any atom is -0.326 e. The summed E-state index contributed by atoms with van der Waals surface area (Å²) >= 11 is 0. The van der Waals surface area contributed by atoms with E-state index in [0.29, 0.717) is 6.54 Å². The van der Waals surface area contributed by atoms with Gasteiger partial charge in [0, 0.05) is 13.6 Å². The molecule has 0 heterocycles. The number of hydrogen-bond donors (Lipinski definition) is 2. The molecule has 0 aromatic rings. The maximum atomic E-state index is 5.30. The molecule has 0 rings (SSSR count). The monoisotopic (exact) mass is 127 g/mol. The van der Waals surface area contributed by atoms with Gasteiger partial charge < -0.3 is 11.2 Å². The van der Waals surface area contributed by atoms with E-state index in [0.717, 1.165) is 11.3 Å². The quantitative estimate of drug-likeness (QED) is 0.417. The molecule has 3 nitrogen and oxygen atoms in total. The highest BCUT2D eigenvalue weighted by atomic mass is 15.3. The molecule has 0 unspecified atom stereocenters. The largest absolute Gasteiger partial charge is 0.326 e. The molecule has 0 bridgehead atoms. The molecular weight excluding hydrogens is 114 g/mol. The van der Waals surface area contributed by atoms with Crippen molar-refractivity contribution in [2.75, 3.05) is 13.6 Å². The molecule has 0 aromatic carbocycles. The van der Waals surface area contributed by atoms with E-state index < -0.39 is 0 Å². The highest BCUT2D eigenvalue weighted by Gasteiger charge is 1.92. The van der Waals surface area contributed by atoms with Crippen LogP contribution in [0.3, 0.4) is 0 Å². The van der Waals surface area contributed by atoms with Gasteiger partial charge in [-0.1, -0.05) is 6.58 Å². The van der Waals surface area contributed by atoms with Crippen LogP contribution in [0.1, 0.15) is 6.92 Å². The summed E-state index contributed by atoms with van der Waals surface area (Å²) in [4.78, 5) is 0. The summed E-state index contributed by atoms with van der Waals surface area (Å²) in [5, 5.41) is 3.88. The van der Waals surface area contributed by atoms with Gasteiger partial charge in [-0.15, -0.1) is 0 Å². The summed E-state index contributed by atoms with van der Waals surface area (Å²) in [7, 11) is 1.74. The van der Waals surface area contributed by atoms with Crippen molar-refractivity contribution in [3.05, 3.63) is 12.2 Å². The molecule has 0 saturated heterocycles. The Morgan fingerprint density at radius 2 is 2.33 bits per heavy atom. The summed E-state index contributed by atoms with van der Waals surface area (Å²) in [5.41, 5.74) is 9.68. The highest BCUT2D eigenvalue weighted by Crippen LogP contribution is 1.88. The fourth-order valence-electron chi connectivity index (χ4n) is 0.394. The Morgan fingerprint density at radius 1 is 1.78 bits per heavy atom. The lowest BCUT2D eigenvalue weighted by Crippen LogP contribution is -2.11. The van der Waals surface area contributed by atoms with Gasteiger partial charge in [0.15, 0.2) is 0 Å². The van der Waals surface area contributed by atoms with E-state index in [1.54, 1.807) is 7.05 Å². The van der Waals surface area contributed by atoms with Gasteiger partial charge in [-0.05, 0) is 12.5 Å². The molecule has 52 valence electrons. The van der Waals surface area contributed by atoms with Crippen LogP contribution in [0.25, 0.3) is 0 Å². The van der Waals surface area contributed by atoms with Gasteiger partial charge in [-0.3, -0.25) is 0 Å². The Morgan fingerprint density at radius 3 is 2.67 bits per heavy atom. The van der Waals surface area contributed by atoms with Gasteiger partial charge in [0.1, 0.15) is 0 Å². The Balaban J connectivity index is 3.86. The van der Waals surface area contributed by atoms with Crippen LogP contribution >= 0.6 is 0 Å². The second-order valence-corrected chi connectivity index (χ2v) is 1.73. The SMILES string of the molecule is C=C(CN)/C(C)=N\NC. The maximum Gasteiger partial charge on any atom is 0.0610 e. The molecule has 0 fully saturated rings. The van der Waals surface area contributed by atoms with Crippen LogP contribution in [-0.4, -0.2) is 19.3 Å². The maximum absolute atomic E-state index is 5.30. The molecule has 0 amide bonds. The zero-order valence-corrected chi connectivity index (χ0v) is 5.94. The standard InChI is InChI=1S/C6H13N3/c1-5(4-7)6(2)9-8-3/h8H,1,4,7H2,2-3H3/b9-6-. The lowest BCUT2D eigenvalue weighted by atomic mass is 10.2. The number of hydrogen-bond acceptors (Lipinski definition) is 3. The van der Waals surface area contributed by atoms with E-state index in [4.69, 9.17) is 5.73 Å². The number of rotatable bonds is 3. The third kappa shape index (κ3) is 2.87. The van der Waals surface area contributed by atoms with Gasteiger partial charge in [0.2, 0.25) is 0 Å². The van der Waals surface area contributed by atoms with Crippen molar-refractivity contribution in [3.63, 3.8) is 0 Å². The fourth-order valence-corrected chi connectivity index (χ4v) is 0.394. The van der Waals surface area contributed by atoms with Gasteiger partial charge in [-0.2, -0.15) is 5.10 Å². The van der Waals surface area contributed by atoms with Crippen LogP contribution in [0.15, 0.2) is 17.3 Å². The smallest absolute Gasteiger partial charge is 0.0610 e. The molecule has 9 heavy (non-hydrogen) atoms. The van der Waals surface area contributed by atoms with Crippen LogP contribution in [0, 0.1) is 0 Å². The molecular formula is C6H13N3. The molecule has 0 aliphatic rings. The molecule has 0 saturated carbocycles. The summed E-state index contributed by atoms with van der Waals surface area (Å²) in [6, 6.07) is 0. The van der Waals surface area contributed by atoms with Crippen molar-refractivity contribution in [2.45, 2.75) is 6.92 Å². The molecule has 0 spiro atoms. The molecule has 0 aliphatic carbocycles. The van der Waals surface area contributed by atoms with Crippen molar-refractivity contribution >= 4 is 5.71 Å². The van der Waals surface area contributed by atoms with Gasteiger partial charge in [-0.25, -0.2) is 0 Å². The lowest BCUT2D eigenvalue weighted by Gasteiger charge is -1.98. The van der Waals surface area contributed by atoms with E-state index >= 15 is 0 Å². The van der Waals surface area contributed by atoms with Gasteiger partial charge >= 0.3 is 0 Å². The Hall–Kier alpha value is -0.830. The van der Waals surface area contributed by atoms with Crippen molar-refractivity contribution in [1.82, 2.24) is 5.43 Å². The minimum absolute atomic E-state index is 0.469. The van der Waals surface area contributed by atoms with Crippen LogP contribution in [0.4, 0.5) is 0 Å². The summed E-state index contributed by atoms with van der Waals surface area (Å²) in [6.07, 6.45) is 0. The third-order valence-corrected chi connectivity index (χ3v) is 1.04. The second kappa shape index (κ2) is 4.09. The summed E-state index contributed by atoms with van der Waals surface area (Å²) in [6.45, 7) is 6.03. The second-order valence-electron chi connectivity index (χ2n) is 1.73. The first-order valence-electron chi connectivity index (χ1n) is 2.81. The average molecular weight is 127 g/mol. The molecule has 3 N–H and O–H groups in total. The van der Waals surface area contributed by atoms with Crippen LogP contribution in [0.2, 0.25) is 0 Å². The van der Waals surface area contributed by atoms with Crippen molar-refractivity contribution in [2.24, 2.45) is 10.8 Å². The van der Waals surface area contributed by atoms with Gasteiger partial charge in [0.05, 0.1) is 5.71 Å². The predicted octanol–water partition coefficient (Wildman–Crippen LogP) is 0.0966. The first-order chi connectivity index (χ1) is 4.22. The predicted molar refractivity (Wildman–Crippen MR) is 40.4 cm³/mol. The van der Waals surface area contributed by atoms with E-state index in [2.05, 4.69) is 17.1 Å². The minimum atomic E-state index is 0.469. The van der Waals surface area contributed by atoms with Gasteiger partial charge in [0.25, 0.3) is 0 Å². The van der Waals surface area contributed by atoms with E-state index in [-0.39, 0.29) is 0 Å². The summed E-state index contributed by atoms with van der Waals surface area (Å²) in [5.74, 6) is 0. The first kappa shape index (κ1) is 8.17. The molecule has 3 heteroatoms. The fraction of sp³-hybridized carbons (Fsp3) is 0.500. The number of hydrazone groups is 1. The molecule has 0 aromatic heterocycles.